The lowest BCUT2D eigenvalue weighted by atomic mass is 9.77. The number of hydrogen-bond donors (Lipinski definition) is 2. The molecule has 3 aromatic rings. The molecule has 1 atom stereocenters. The van der Waals surface area contributed by atoms with Crippen LogP contribution >= 0.6 is 0 Å². The average Bonchev–Trinajstić information content (AvgIpc) is 2.75. The summed E-state index contributed by atoms with van der Waals surface area (Å²) >= 11 is 0. The molecule has 0 amide bonds. The van der Waals surface area contributed by atoms with Gasteiger partial charge in [0.05, 0.1) is 18.3 Å². The number of fused-ring (bicyclic) bond motifs is 4. The van der Waals surface area contributed by atoms with Gasteiger partial charge in [-0.3, -0.25) is 4.79 Å². The smallest absolute Gasteiger partial charge is 0.161 e. The van der Waals surface area contributed by atoms with Crippen LogP contribution in [0.1, 0.15) is 43.4 Å². The quantitative estimate of drug-likeness (QED) is 0.615. The maximum absolute atomic E-state index is 13.0. The Morgan fingerprint density at radius 2 is 1.97 bits per heavy atom. The SMILES string of the molecule is CCOc1cc([C@H]2Nc3c(ccc4ccccc34)C3=C2C(=O)CCC3)ccc1O. The van der Waals surface area contributed by atoms with E-state index in [1.165, 1.54) is 5.39 Å². The first kappa shape index (κ1) is 17.8. The Kier molecular flexibility index (Phi) is 4.27. The third-order valence-electron chi connectivity index (χ3n) is 5.90. The van der Waals surface area contributed by atoms with Crippen molar-refractivity contribution in [1.82, 2.24) is 0 Å². The molecule has 0 aromatic heterocycles. The van der Waals surface area contributed by atoms with Crippen LogP contribution in [0.2, 0.25) is 0 Å². The van der Waals surface area contributed by atoms with Gasteiger partial charge in [0, 0.05) is 22.9 Å². The summed E-state index contributed by atoms with van der Waals surface area (Å²) in [5.41, 5.74) is 5.14. The summed E-state index contributed by atoms with van der Waals surface area (Å²) in [5.74, 6) is 0.760. The largest absolute Gasteiger partial charge is 0.504 e. The molecule has 1 aliphatic heterocycles. The number of rotatable bonds is 3. The van der Waals surface area contributed by atoms with Crippen LogP contribution in [0, 0.1) is 0 Å². The van der Waals surface area contributed by atoms with Gasteiger partial charge in [-0.25, -0.2) is 0 Å². The maximum atomic E-state index is 13.0. The molecule has 0 fully saturated rings. The highest BCUT2D eigenvalue weighted by Gasteiger charge is 2.35. The lowest BCUT2D eigenvalue weighted by Crippen LogP contribution is -2.27. The average molecular weight is 385 g/mol. The van der Waals surface area contributed by atoms with Crippen LogP contribution in [0.25, 0.3) is 16.3 Å². The number of phenols is 1. The Morgan fingerprint density at radius 3 is 2.83 bits per heavy atom. The van der Waals surface area contributed by atoms with Crippen molar-refractivity contribution in [2.24, 2.45) is 0 Å². The standard InChI is InChI=1S/C25H23NO3/c1-2-29-22-14-16(11-13-20(22)27)24-23-18(8-5-9-21(23)28)19-12-10-15-6-3-4-7-17(15)25(19)26-24/h3-4,6-7,10-14,24,26-27H,2,5,8-9H2,1H3/t24-/m1/s1. The number of carbonyl (C=O) groups excluding carboxylic acids is 1. The zero-order chi connectivity index (χ0) is 20.0. The van der Waals surface area contributed by atoms with E-state index >= 15 is 0 Å². The second kappa shape index (κ2) is 6.96. The van der Waals surface area contributed by atoms with Crippen LogP contribution in [0.3, 0.4) is 0 Å². The molecule has 1 heterocycles. The van der Waals surface area contributed by atoms with E-state index in [2.05, 4.69) is 29.6 Å². The number of Topliss-reactive ketones (excluding diaryl/α,β-unsaturated/α-hetero) is 1. The van der Waals surface area contributed by atoms with Crippen molar-refractivity contribution in [2.45, 2.75) is 32.2 Å². The Bertz CT molecular complexity index is 1160. The number of phenolic OH excluding ortho intramolecular Hbond substituents is 1. The van der Waals surface area contributed by atoms with E-state index < -0.39 is 0 Å². The molecule has 2 aliphatic rings. The highest BCUT2D eigenvalue weighted by Crippen LogP contribution is 2.48. The fraction of sp³-hybridized carbons (Fsp3) is 0.240. The van der Waals surface area contributed by atoms with E-state index in [4.69, 9.17) is 4.74 Å². The Balaban J connectivity index is 1.73. The molecule has 4 heteroatoms. The molecule has 0 radical (unpaired) electrons. The molecule has 29 heavy (non-hydrogen) atoms. The van der Waals surface area contributed by atoms with Gasteiger partial charge >= 0.3 is 0 Å². The van der Waals surface area contributed by atoms with E-state index in [1.54, 1.807) is 6.07 Å². The minimum Gasteiger partial charge on any atom is -0.504 e. The summed E-state index contributed by atoms with van der Waals surface area (Å²) in [5, 5.41) is 16.1. The van der Waals surface area contributed by atoms with Crippen molar-refractivity contribution < 1.29 is 14.6 Å². The Morgan fingerprint density at radius 1 is 1.10 bits per heavy atom. The summed E-state index contributed by atoms with van der Waals surface area (Å²) in [4.78, 5) is 13.0. The molecule has 0 bridgehead atoms. The fourth-order valence-corrected chi connectivity index (χ4v) is 4.60. The van der Waals surface area contributed by atoms with Crippen LogP contribution in [0.5, 0.6) is 11.5 Å². The lowest BCUT2D eigenvalue weighted by Gasteiger charge is -2.35. The zero-order valence-corrected chi connectivity index (χ0v) is 16.4. The highest BCUT2D eigenvalue weighted by molar-refractivity contribution is 6.11. The number of hydrogen-bond acceptors (Lipinski definition) is 4. The van der Waals surface area contributed by atoms with Crippen LogP contribution in [0.15, 0.2) is 60.2 Å². The number of benzene rings is 3. The summed E-state index contributed by atoms with van der Waals surface area (Å²) in [6.45, 7) is 2.36. The van der Waals surface area contributed by atoms with Crippen LogP contribution in [-0.4, -0.2) is 17.5 Å². The maximum Gasteiger partial charge on any atom is 0.161 e. The van der Waals surface area contributed by atoms with E-state index in [0.29, 0.717) is 18.8 Å². The molecule has 5 rings (SSSR count). The molecular formula is C25H23NO3. The monoisotopic (exact) mass is 385 g/mol. The molecule has 3 aromatic carbocycles. The second-order valence-corrected chi connectivity index (χ2v) is 7.62. The van der Waals surface area contributed by atoms with Crippen molar-refractivity contribution in [3.8, 4) is 11.5 Å². The van der Waals surface area contributed by atoms with Crippen molar-refractivity contribution in [2.75, 3.05) is 11.9 Å². The van der Waals surface area contributed by atoms with Gasteiger partial charge < -0.3 is 15.2 Å². The predicted molar refractivity (Wildman–Crippen MR) is 115 cm³/mol. The minimum absolute atomic E-state index is 0.112. The third kappa shape index (κ3) is 2.87. The first-order chi connectivity index (χ1) is 14.2. The molecule has 4 nitrogen and oxygen atoms in total. The molecule has 1 aliphatic carbocycles. The number of ketones is 1. The molecule has 0 unspecified atom stereocenters. The van der Waals surface area contributed by atoms with Gasteiger partial charge in [-0.05, 0) is 48.4 Å². The normalized spacial score (nSPS) is 18.2. The van der Waals surface area contributed by atoms with Crippen molar-refractivity contribution >= 4 is 27.8 Å². The van der Waals surface area contributed by atoms with E-state index in [0.717, 1.165) is 46.2 Å². The van der Waals surface area contributed by atoms with Gasteiger partial charge in [-0.15, -0.1) is 0 Å². The number of carbonyl (C=O) groups is 1. The second-order valence-electron chi connectivity index (χ2n) is 7.62. The van der Waals surface area contributed by atoms with Gasteiger partial charge in [0.2, 0.25) is 0 Å². The number of anilines is 1. The molecule has 2 N–H and O–H groups in total. The van der Waals surface area contributed by atoms with E-state index in [9.17, 15) is 9.90 Å². The van der Waals surface area contributed by atoms with Crippen molar-refractivity contribution in [3.63, 3.8) is 0 Å². The van der Waals surface area contributed by atoms with Crippen LogP contribution in [-0.2, 0) is 4.79 Å². The topological polar surface area (TPSA) is 58.6 Å². The first-order valence-electron chi connectivity index (χ1n) is 10.2. The summed E-state index contributed by atoms with van der Waals surface area (Å²) in [6.07, 6.45) is 2.37. The minimum atomic E-state index is -0.254. The molecule has 0 spiro atoms. The fourth-order valence-electron chi connectivity index (χ4n) is 4.60. The van der Waals surface area contributed by atoms with Gasteiger partial charge in [0.1, 0.15) is 0 Å². The van der Waals surface area contributed by atoms with Crippen LogP contribution < -0.4 is 10.1 Å². The number of allylic oxidation sites excluding steroid dienone is 1. The van der Waals surface area contributed by atoms with E-state index in [1.807, 2.05) is 31.2 Å². The van der Waals surface area contributed by atoms with Gasteiger partial charge in [-0.1, -0.05) is 42.5 Å². The van der Waals surface area contributed by atoms with Gasteiger partial charge in [0.15, 0.2) is 17.3 Å². The van der Waals surface area contributed by atoms with Crippen molar-refractivity contribution in [3.05, 3.63) is 71.3 Å². The van der Waals surface area contributed by atoms with E-state index in [-0.39, 0.29) is 17.6 Å². The number of nitrogens with one attached hydrogen (secondary N) is 1. The molecule has 0 saturated heterocycles. The zero-order valence-electron chi connectivity index (χ0n) is 16.4. The van der Waals surface area contributed by atoms with Crippen molar-refractivity contribution in [1.29, 1.82) is 0 Å². The summed E-state index contributed by atoms with van der Waals surface area (Å²) < 4.78 is 5.59. The number of ether oxygens (including phenoxy) is 1. The molecule has 146 valence electrons. The molecular weight excluding hydrogens is 362 g/mol. The van der Waals surface area contributed by atoms with Gasteiger partial charge in [0.25, 0.3) is 0 Å². The summed E-state index contributed by atoms with van der Waals surface area (Å²) in [7, 11) is 0. The highest BCUT2D eigenvalue weighted by atomic mass is 16.5. The first-order valence-corrected chi connectivity index (χ1v) is 10.2. The predicted octanol–water partition coefficient (Wildman–Crippen LogP) is 5.62. The Hall–Kier alpha value is -3.27. The number of aromatic hydroxyl groups is 1. The van der Waals surface area contributed by atoms with Gasteiger partial charge in [-0.2, -0.15) is 0 Å². The summed E-state index contributed by atoms with van der Waals surface area (Å²) in [6, 6.07) is 17.7. The third-order valence-corrected chi connectivity index (χ3v) is 5.90. The molecule has 0 saturated carbocycles. The lowest BCUT2D eigenvalue weighted by molar-refractivity contribution is -0.116. The van der Waals surface area contributed by atoms with Crippen LogP contribution in [0.4, 0.5) is 5.69 Å². The Labute approximate surface area is 169 Å².